The fraction of sp³-hybridized carbons (Fsp3) is 0.389. The summed E-state index contributed by atoms with van der Waals surface area (Å²) in [7, 11) is 1.59. The predicted octanol–water partition coefficient (Wildman–Crippen LogP) is 2.48. The molecule has 5 nitrogen and oxygen atoms in total. The molecule has 0 saturated heterocycles. The molecule has 1 amide bonds. The number of amides is 1. The van der Waals surface area contributed by atoms with Crippen LogP contribution in [0.25, 0.3) is 0 Å². The van der Waals surface area contributed by atoms with Crippen molar-refractivity contribution >= 4 is 11.9 Å². The first kappa shape index (κ1) is 18.4. The smallest absolute Gasteiger partial charge is 0.329 e. The maximum absolute atomic E-state index is 12.2. The Morgan fingerprint density at radius 3 is 2.70 bits per heavy atom. The van der Waals surface area contributed by atoms with E-state index in [2.05, 4.69) is 6.58 Å². The lowest BCUT2D eigenvalue weighted by Gasteiger charge is -2.26. The lowest BCUT2D eigenvalue weighted by molar-refractivity contribution is -0.153. The molecule has 5 heteroatoms. The molecule has 0 heterocycles. The summed E-state index contributed by atoms with van der Waals surface area (Å²) in [6.07, 6.45) is 3.62. The van der Waals surface area contributed by atoms with Gasteiger partial charge in [-0.05, 0) is 24.8 Å². The summed E-state index contributed by atoms with van der Waals surface area (Å²) < 4.78 is 4.90. The van der Waals surface area contributed by atoms with E-state index in [1.807, 2.05) is 30.3 Å². The minimum Gasteiger partial charge on any atom is -0.449 e. The van der Waals surface area contributed by atoms with Gasteiger partial charge in [0, 0.05) is 13.5 Å². The van der Waals surface area contributed by atoms with E-state index in [-0.39, 0.29) is 12.5 Å². The average molecular weight is 314 g/mol. The monoisotopic (exact) mass is 314 g/mol. The SMILES string of the molecule is C=CCCC(=O)N(C)C(CCc1ccccc1)C(=O)OCC#N. The Hall–Kier alpha value is -2.61. The largest absolute Gasteiger partial charge is 0.449 e. The highest BCUT2D eigenvalue weighted by Gasteiger charge is 2.27. The minimum atomic E-state index is -0.694. The van der Waals surface area contributed by atoms with Gasteiger partial charge in [0.05, 0.1) is 0 Å². The zero-order valence-corrected chi connectivity index (χ0v) is 13.4. The highest BCUT2D eigenvalue weighted by molar-refractivity contribution is 5.84. The summed E-state index contributed by atoms with van der Waals surface area (Å²) in [4.78, 5) is 25.7. The van der Waals surface area contributed by atoms with E-state index < -0.39 is 12.0 Å². The van der Waals surface area contributed by atoms with E-state index >= 15 is 0 Å². The van der Waals surface area contributed by atoms with Gasteiger partial charge in [-0.1, -0.05) is 36.4 Å². The molecule has 0 saturated carbocycles. The van der Waals surface area contributed by atoms with Gasteiger partial charge in [-0.25, -0.2) is 4.79 Å². The third-order valence-electron chi connectivity index (χ3n) is 3.52. The molecule has 0 aromatic heterocycles. The maximum atomic E-state index is 12.2. The normalized spacial score (nSPS) is 11.1. The molecule has 0 aliphatic heterocycles. The lowest BCUT2D eigenvalue weighted by Crippen LogP contribution is -2.43. The molecule has 1 rings (SSSR count). The summed E-state index contributed by atoms with van der Waals surface area (Å²) in [5.74, 6) is -0.686. The van der Waals surface area contributed by atoms with E-state index in [4.69, 9.17) is 10.00 Å². The molecule has 122 valence electrons. The van der Waals surface area contributed by atoms with Crippen LogP contribution in [0.5, 0.6) is 0 Å². The van der Waals surface area contributed by atoms with E-state index in [1.165, 1.54) is 4.90 Å². The number of benzene rings is 1. The number of likely N-dealkylation sites (N-methyl/N-ethyl adjacent to an activating group) is 1. The molecule has 0 spiro atoms. The third kappa shape index (κ3) is 6.35. The summed E-state index contributed by atoms with van der Waals surface area (Å²) in [6, 6.07) is 10.8. The van der Waals surface area contributed by atoms with Gasteiger partial charge in [0.1, 0.15) is 12.1 Å². The van der Waals surface area contributed by atoms with Crippen LogP contribution in [-0.2, 0) is 20.7 Å². The first-order valence-corrected chi connectivity index (χ1v) is 7.54. The van der Waals surface area contributed by atoms with Crippen molar-refractivity contribution in [2.24, 2.45) is 0 Å². The van der Waals surface area contributed by atoms with Crippen molar-refractivity contribution in [2.45, 2.75) is 31.7 Å². The second-order valence-corrected chi connectivity index (χ2v) is 5.14. The molecule has 23 heavy (non-hydrogen) atoms. The number of rotatable bonds is 9. The van der Waals surface area contributed by atoms with Gasteiger partial charge in [-0.3, -0.25) is 4.79 Å². The Kier molecular flexibility index (Phi) is 8.16. The van der Waals surface area contributed by atoms with Gasteiger partial charge in [0.25, 0.3) is 0 Å². The number of nitrogens with zero attached hydrogens (tertiary/aromatic N) is 2. The van der Waals surface area contributed by atoms with E-state index in [9.17, 15) is 9.59 Å². The second-order valence-electron chi connectivity index (χ2n) is 5.14. The molecule has 0 aliphatic carbocycles. The Bertz CT molecular complexity index is 563. The zero-order valence-electron chi connectivity index (χ0n) is 13.4. The lowest BCUT2D eigenvalue weighted by atomic mass is 10.0. The predicted molar refractivity (Wildman–Crippen MR) is 87.3 cm³/mol. The van der Waals surface area contributed by atoms with E-state index in [0.29, 0.717) is 25.7 Å². The number of allylic oxidation sites excluding steroid dienone is 1. The van der Waals surface area contributed by atoms with E-state index in [0.717, 1.165) is 5.56 Å². The van der Waals surface area contributed by atoms with Crippen LogP contribution in [0.1, 0.15) is 24.8 Å². The van der Waals surface area contributed by atoms with Crippen molar-refractivity contribution in [1.29, 1.82) is 5.26 Å². The topological polar surface area (TPSA) is 70.4 Å². The van der Waals surface area contributed by atoms with Gasteiger partial charge >= 0.3 is 5.97 Å². The van der Waals surface area contributed by atoms with Crippen LogP contribution in [0.3, 0.4) is 0 Å². The fourth-order valence-corrected chi connectivity index (χ4v) is 2.19. The molecule has 1 aromatic rings. The second kappa shape index (κ2) is 10.2. The number of hydrogen-bond acceptors (Lipinski definition) is 4. The summed E-state index contributed by atoms with van der Waals surface area (Å²) in [6.45, 7) is 3.28. The molecule has 0 radical (unpaired) electrons. The van der Waals surface area contributed by atoms with Gasteiger partial charge in [-0.2, -0.15) is 5.26 Å². The first-order valence-electron chi connectivity index (χ1n) is 7.54. The van der Waals surface area contributed by atoms with Crippen molar-refractivity contribution in [1.82, 2.24) is 4.90 Å². The quantitative estimate of drug-likeness (QED) is 0.518. The van der Waals surface area contributed by atoms with Crippen molar-refractivity contribution in [3.63, 3.8) is 0 Å². The summed E-state index contributed by atoms with van der Waals surface area (Å²) in [5.41, 5.74) is 1.08. The maximum Gasteiger partial charge on any atom is 0.329 e. The van der Waals surface area contributed by atoms with Crippen molar-refractivity contribution in [2.75, 3.05) is 13.7 Å². The molecule has 0 fully saturated rings. The molecule has 1 unspecified atom stereocenters. The van der Waals surface area contributed by atoms with Crippen LogP contribution in [0.15, 0.2) is 43.0 Å². The number of nitriles is 1. The van der Waals surface area contributed by atoms with Gasteiger partial charge < -0.3 is 9.64 Å². The standard InChI is InChI=1S/C18H22N2O3/c1-3-4-10-17(21)20(2)16(18(22)23-14-13-19)12-11-15-8-6-5-7-9-15/h3,5-9,16H,1,4,10-12,14H2,2H3. The molecule has 1 atom stereocenters. The highest BCUT2D eigenvalue weighted by Crippen LogP contribution is 2.12. The summed E-state index contributed by atoms with van der Waals surface area (Å²) >= 11 is 0. The fourth-order valence-electron chi connectivity index (χ4n) is 2.19. The van der Waals surface area contributed by atoms with Crippen LogP contribution < -0.4 is 0 Å². The van der Waals surface area contributed by atoms with Crippen LogP contribution in [0.4, 0.5) is 0 Å². The van der Waals surface area contributed by atoms with Crippen molar-refractivity contribution in [3.8, 4) is 6.07 Å². The van der Waals surface area contributed by atoms with Gasteiger partial charge in [0.2, 0.25) is 5.91 Å². The average Bonchev–Trinajstić information content (AvgIpc) is 2.58. The van der Waals surface area contributed by atoms with Crippen LogP contribution in [-0.4, -0.2) is 36.5 Å². The molecule has 0 aliphatic rings. The highest BCUT2D eigenvalue weighted by atomic mass is 16.5. The number of carbonyl (C=O) groups excluding carboxylic acids is 2. The van der Waals surface area contributed by atoms with Crippen LogP contribution in [0.2, 0.25) is 0 Å². The van der Waals surface area contributed by atoms with Crippen molar-refractivity contribution in [3.05, 3.63) is 48.6 Å². The first-order chi connectivity index (χ1) is 11.1. The Morgan fingerprint density at radius 2 is 2.09 bits per heavy atom. The third-order valence-corrected chi connectivity index (χ3v) is 3.52. The summed E-state index contributed by atoms with van der Waals surface area (Å²) in [5, 5.41) is 8.55. The Balaban J connectivity index is 2.75. The number of esters is 1. The van der Waals surface area contributed by atoms with Crippen LogP contribution in [0, 0.1) is 11.3 Å². The molecule has 1 aromatic carbocycles. The zero-order chi connectivity index (χ0) is 17.1. The number of aryl methyl sites for hydroxylation is 1. The van der Waals surface area contributed by atoms with Crippen molar-refractivity contribution < 1.29 is 14.3 Å². The molecular weight excluding hydrogens is 292 g/mol. The number of carbonyl (C=O) groups is 2. The van der Waals surface area contributed by atoms with E-state index in [1.54, 1.807) is 19.2 Å². The number of ether oxygens (including phenoxy) is 1. The number of hydrogen-bond donors (Lipinski definition) is 0. The molecule has 0 N–H and O–H groups in total. The van der Waals surface area contributed by atoms with Gasteiger partial charge in [0.15, 0.2) is 6.61 Å². The molecular formula is C18H22N2O3. The minimum absolute atomic E-state index is 0.142. The Morgan fingerprint density at radius 1 is 1.39 bits per heavy atom. The molecule has 0 bridgehead atoms. The Labute approximate surface area is 137 Å². The van der Waals surface area contributed by atoms with Gasteiger partial charge in [-0.15, -0.1) is 6.58 Å². The van der Waals surface area contributed by atoms with Crippen LogP contribution >= 0.6 is 0 Å².